The molecule has 0 fully saturated rings. The third-order valence-corrected chi connectivity index (χ3v) is 1.65. The van der Waals surface area contributed by atoms with Crippen molar-refractivity contribution in [3.63, 3.8) is 0 Å². The average molecular weight is 181 g/mol. The lowest BCUT2D eigenvalue weighted by molar-refractivity contribution is 0.836. The average Bonchev–Trinajstić information content (AvgIpc) is 2.17. The minimum atomic E-state index is 0.641. The number of hydrogen-bond acceptors (Lipinski definition) is 5. The molecule has 0 aliphatic rings. The maximum Gasteiger partial charge on any atom is 0.145 e. The third kappa shape index (κ3) is 2.55. The fourth-order valence-electron chi connectivity index (χ4n) is 1.03. The largest absolute Gasteiger partial charge is 0.373 e. The van der Waals surface area contributed by atoms with Crippen molar-refractivity contribution in [2.24, 2.45) is 5.84 Å². The van der Waals surface area contributed by atoms with Crippen molar-refractivity contribution in [1.82, 2.24) is 9.97 Å². The summed E-state index contributed by atoms with van der Waals surface area (Å²) in [6, 6.07) is 1.76. The standard InChI is InChI=1S/C8H15N5/c1-3-4-6-11-7(10-2)5-8(12-6)13-9/h5H,3-4,9H2,1-2H3,(H2,10,11,12,13). The Morgan fingerprint density at radius 2 is 2.08 bits per heavy atom. The van der Waals surface area contributed by atoms with Gasteiger partial charge in [-0.2, -0.15) is 0 Å². The number of aryl methyl sites for hydroxylation is 1. The Labute approximate surface area is 77.7 Å². The van der Waals surface area contributed by atoms with Crippen LogP contribution in [0.25, 0.3) is 0 Å². The molecule has 1 rings (SSSR count). The van der Waals surface area contributed by atoms with Crippen LogP contribution < -0.4 is 16.6 Å². The zero-order valence-electron chi connectivity index (χ0n) is 7.96. The van der Waals surface area contributed by atoms with Gasteiger partial charge in [-0.15, -0.1) is 0 Å². The predicted molar refractivity (Wildman–Crippen MR) is 53.4 cm³/mol. The van der Waals surface area contributed by atoms with Gasteiger partial charge in [0.2, 0.25) is 0 Å². The molecule has 0 aromatic carbocycles. The van der Waals surface area contributed by atoms with Crippen molar-refractivity contribution in [2.75, 3.05) is 17.8 Å². The van der Waals surface area contributed by atoms with Crippen molar-refractivity contribution in [3.8, 4) is 0 Å². The van der Waals surface area contributed by atoms with Gasteiger partial charge in [0.15, 0.2) is 0 Å². The van der Waals surface area contributed by atoms with Gasteiger partial charge < -0.3 is 10.7 Å². The zero-order chi connectivity index (χ0) is 9.68. The number of aromatic nitrogens is 2. The summed E-state index contributed by atoms with van der Waals surface area (Å²) in [5.41, 5.74) is 2.51. The second kappa shape index (κ2) is 4.61. The maximum atomic E-state index is 5.27. The van der Waals surface area contributed by atoms with Gasteiger partial charge in [0.25, 0.3) is 0 Å². The second-order valence-electron chi connectivity index (χ2n) is 2.70. The van der Waals surface area contributed by atoms with Crippen molar-refractivity contribution in [3.05, 3.63) is 11.9 Å². The lowest BCUT2D eigenvalue weighted by atomic mass is 10.3. The fourth-order valence-corrected chi connectivity index (χ4v) is 1.03. The van der Waals surface area contributed by atoms with E-state index in [2.05, 4.69) is 27.6 Å². The first kappa shape index (κ1) is 9.73. The van der Waals surface area contributed by atoms with Gasteiger partial charge in [0.1, 0.15) is 17.5 Å². The summed E-state index contributed by atoms with van der Waals surface area (Å²) in [6.07, 6.45) is 1.89. The van der Waals surface area contributed by atoms with E-state index in [1.165, 1.54) is 0 Å². The molecular weight excluding hydrogens is 166 g/mol. The molecule has 0 amide bonds. The van der Waals surface area contributed by atoms with E-state index in [1.54, 1.807) is 6.07 Å². The molecule has 0 unspecified atom stereocenters. The Bertz CT molecular complexity index is 251. The quantitative estimate of drug-likeness (QED) is 0.472. The molecule has 5 heteroatoms. The molecular formula is C8H15N5. The Kier molecular flexibility index (Phi) is 3.45. The molecule has 13 heavy (non-hydrogen) atoms. The third-order valence-electron chi connectivity index (χ3n) is 1.65. The van der Waals surface area contributed by atoms with Crippen LogP contribution in [0.15, 0.2) is 6.07 Å². The highest BCUT2D eigenvalue weighted by molar-refractivity contribution is 5.46. The van der Waals surface area contributed by atoms with Crippen LogP contribution in [0.4, 0.5) is 11.6 Å². The molecule has 1 aromatic rings. The number of nitrogens with zero attached hydrogens (tertiary/aromatic N) is 2. The van der Waals surface area contributed by atoms with Gasteiger partial charge >= 0.3 is 0 Å². The molecule has 0 aliphatic heterocycles. The number of anilines is 2. The maximum absolute atomic E-state index is 5.27. The van der Waals surface area contributed by atoms with Crippen LogP contribution in [0, 0.1) is 0 Å². The van der Waals surface area contributed by atoms with E-state index < -0.39 is 0 Å². The van der Waals surface area contributed by atoms with Gasteiger partial charge in [0.05, 0.1) is 0 Å². The molecule has 0 saturated heterocycles. The van der Waals surface area contributed by atoms with Crippen molar-refractivity contribution in [2.45, 2.75) is 19.8 Å². The topological polar surface area (TPSA) is 75.9 Å². The Morgan fingerprint density at radius 1 is 1.38 bits per heavy atom. The van der Waals surface area contributed by atoms with Crippen LogP contribution in [0.2, 0.25) is 0 Å². The first-order chi connectivity index (χ1) is 6.30. The van der Waals surface area contributed by atoms with Crippen LogP contribution in [0.3, 0.4) is 0 Å². The monoisotopic (exact) mass is 181 g/mol. The van der Waals surface area contributed by atoms with Gasteiger partial charge in [0, 0.05) is 19.5 Å². The molecule has 4 N–H and O–H groups in total. The summed E-state index contributed by atoms with van der Waals surface area (Å²) in [5, 5.41) is 2.95. The van der Waals surface area contributed by atoms with Crippen molar-refractivity contribution in [1.29, 1.82) is 0 Å². The molecule has 1 aromatic heterocycles. The lowest BCUT2D eigenvalue weighted by Crippen LogP contribution is -2.11. The SMILES string of the molecule is CCCc1nc(NC)cc(NN)n1. The van der Waals surface area contributed by atoms with Crippen LogP contribution in [-0.4, -0.2) is 17.0 Å². The van der Waals surface area contributed by atoms with E-state index in [0.29, 0.717) is 5.82 Å². The fraction of sp³-hybridized carbons (Fsp3) is 0.500. The number of nitrogens with one attached hydrogen (secondary N) is 2. The van der Waals surface area contributed by atoms with Crippen LogP contribution in [0.5, 0.6) is 0 Å². The molecule has 0 saturated carbocycles. The molecule has 72 valence electrons. The van der Waals surface area contributed by atoms with Crippen LogP contribution in [-0.2, 0) is 6.42 Å². The number of rotatable bonds is 4. The van der Waals surface area contributed by atoms with E-state index in [9.17, 15) is 0 Å². The first-order valence-corrected chi connectivity index (χ1v) is 4.32. The van der Waals surface area contributed by atoms with Crippen LogP contribution in [0.1, 0.15) is 19.2 Å². The highest BCUT2D eigenvalue weighted by Gasteiger charge is 2.01. The molecule has 0 spiro atoms. The van der Waals surface area contributed by atoms with Gasteiger partial charge in [-0.3, -0.25) is 0 Å². The predicted octanol–water partition coefficient (Wildman–Crippen LogP) is 0.756. The minimum absolute atomic E-state index is 0.641. The van der Waals surface area contributed by atoms with E-state index in [4.69, 9.17) is 5.84 Å². The summed E-state index contributed by atoms with van der Waals surface area (Å²) in [6.45, 7) is 2.09. The Balaban J connectivity index is 2.93. The normalized spacial score (nSPS) is 9.77. The van der Waals surface area contributed by atoms with Crippen LogP contribution >= 0.6 is 0 Å². The molecule has 5 nitrogen and oxygen atoms in total. The number of hydrazine groups is 1. The first-order valence-electron chi connectivity index (χ1n) is 4.32. The Morgan fingerprint density at radius 3 is 2.62 bits per heavy atom. The number of nitrogens with two attached hydrogens (primary N) is 1. The molecule has 1 heterocycles. The summed E-state index contributed by atoms with van der Waals surface area (Å²) in [7, 11) is 1.82. The zero-order valence-corrected chi connectivity index (χ0v) is 7.96. The number of hydrogen-bond donors (Lipinski definition) is 3. The van der Waals surface area contributed by atoms with E-state index in [1.807, 2.05) is 7.05 Å². The number of nitrogen functional groups attached to an aromatic ring is 1. The van der Waals surface area contributed by atoms with Gasteiger partial charge in [-0.05, 0) is 6.42 Å². The molecule has 0 atom stereocenters. The summed E-state index contributed by atoms with van der Waals surface area (Å²) in [5.74, 6) is 7.50. The summed E-state index contributed by atoms with van der Waals surface area (Å²) < 4.78 is 0. The Hall–Kier alpha value is -1.36. The van der Waals surface area contributed by atoms with Gasteiger partial charge in [-0.25, -0.2) is 15.8 Å². The minimum Gasteiger partial charge on any atom is -0.373 e. The van der Waals surface area contributed by atoms with Crippen molar-refractivity contribution >= 4 is 11.6 Å². The van der Waals surface area contributed by atoms with Crippen molar-refractivity contribution < 1.29 is 0 Å². The summed E-state index contributed by atoms with van der Waals surface area (Å²) in [4.78, 5) is 8.47. The molecule has 0 aliphatic carbocycles. The van der Waals surface area contributed by atoms with Gasteiger partial charge in [-0.1, -0.05) is 6.92 Å². The lowest BCUT2D eigenvalue weighted by Gasteiger charge is -2.05. The highest BCUT2D eigenvalue weighted by atomic mass is 15.3. The van der Waals surface area contributed by atoms with E-state index >= 15 is 0 Å². The smallest absolute Gasteiger partial charge is 0.145 e. The molecule has 0 bridgehead atoms. The second-order valence-corrected chi connectivity index (χ2v) is 2.70. The summed E-state index contributed by atoms with van der Waals surface area (Å²) >= 11 is 0. The highest BCUT2D eigenvalue weighted by Crippen LogP contribution is 2.10. The van der Waals surface area contributed by atoms with E-state index in [-0.39, 0.29) is 0 Å². The molecule has 0 radical (unpaired) electrons. The van der Waals surface area contributed by atoms with E-state index in [0.717, 1.165) is 24.5 Å².